The minimum absolute atomic E-state index is 0.432. The fourth-order valence-corrected chi connectivity index (χ4v) is 1.31. The lowest BCUT2D eigenvalue weighted by molar-refractivity contribution is 0.0339. The number of aliphatic hydroxyl groups excluding tert-OH is 2. The molecule has 2 nitrogen and oxygen atoms in total. The Morgan fingerprint density at radius 3 is 2.00 bits per heavy atom. The van der Waals surface area contributed by atoms with E-state index in [1.807, 2.05) is 0 Å². The number of rotatable bonds is 4. The van der Waals surface area contributed by atoms with Crippen LogP contribution in [0.3, 0.4) is 0 Å². The van der Waals surface area contributed by atoms with E-state index in [0.717, 1.165) is 5.33 Å². The van der Waals surface area contributed by atoms with E-state index in [2.05, 4.69) is 31.9 Å². The summed E-state index contributed by atoms with van der Waals surface area (Å²) in [5.41, 5.74) is 0. The summed E-state index contributed by atoms with van der Waals surface area (Å²) in [6.07, 6.45) is -0.654. The molecule has 0 rings (SSSR count). The molecule has 0 bridgehead atoms. The summed E-state index contributed by atoms with van der Waals surface area (Å²) < 4.78 is 0. The molecule has 0 heterocycles. The van der Waals surface area contributed by atoms with Gasteiger partial charge in [0.25, 0.3) is 0 Å². The topological polar surface area (TPSA) is 40.5 Å². The molecule has 0 amide bonds. The fourth-order valence-electron chi connectivity index (χ4n) is 0.407. The molecule has 56 valence electrons. The van der Waals surface area contributed by atoms with Crippen LogP contribution in [0.25, 0.3) is 0 Å². The van der Waals surface area contributed by atoms with E-state index in [1.165, 1.54) is 0 Å². The van der Waals surface area contributed by atoms with Gasteiger partial charge in [-0.1, -0.05) is 31.9 Å². The molecule has 0 aromatic carbocycles. The Kier molecular flexibility index (Phi) is 6.20. The molecular weight excluding hydrogens is 252 g/mol. The van der Waals surface area contributed by atoms with Crippen molar-refractivity contribution in [3.63, 3.8) is 0 Å². The third kappa shape index (κ3) is 4.31. The van der Waals surface area contributed by atoms with Crippen molar-refractivity contribution in [1.82, 2.24) is 0 Å². The number of hydrogen-bond acceptors (Lipinski definition) is 2. The number of alkyl halides is 2. The Bertz CT molecular complexity index is 70.0. The van der Waals surface area contributed by atoms with E-state index in [4.69, 9.17) is 10.2 Å². The molecule has 0 fully saturated rings. The normalized spacial score (nSPS) is 17.3. The summed E-state index contributed by atoms with van der Waals surface area (Å²) in [7, 11) is 0. The minimum atomic E-state index is -0.637. The Hall–Kier alpha value is 0.880. The molecule has 0 aliphatic carbocycles. The largest absolute Gasteiger partial charge is 0.390 e. The summed E-state index contributed by atoms with van der Waals surface area (Å²) in [5, 5.41) is 19.1. The van der Waals surface area contributed by atoms with Crippen LogP contribution in [0.2, 0.25) is 0 Å². The predicted molar refractivity (Wildman–Crippen MR) is 44.2 cm³/mol. The molecule has 0 aromatic heterocycles. The number of aliphatic hydroxyl groups is 2. The Balaban J connectivity index is 3.32. The van der Waals surface area contributed by atoms with Gasteiger partial charge in [-0.3, -0.25) is 0 Å². The SMILES string of the molecule is O[C@H](CCBr)[C@@H](O)CBr. The molecule has 9 heavy (non-hydrogen) atoms. The second kappa shape index (κ2) is 5.65. The van der Waals surface area contributed by atoms with Crippen LogP contribution >= 0.6 is 31.9 Å². The molecule has 0 aliphatic heterocycles. The van der Waals surface area contributed by atoms with Gasteiger partial charge in [0, 0.05) is 10.7 Å². The monoisotopic (exact) mass is 260 g/mol. The van der Waals surface area contributed by atoms with Crippen LogP contribution in [-0.4, -0.2) is 33.1 Å². The molecule has 0 unspecified atom stereocenters. The third-order valence-corrected chi connectivity index (χ3v) is 2.13. The summed E-state index contributed by atoms with van der Waals surface area (Å²) in [6.45, 7) is 0. The first-order valence-corrected chi connectivity index (χ1v) is 4.94. The molecule has 0 spiro atoms. The molecule has 0 aliphatic rings. The number of hydrogen-bond donors (Lipinski definition) is 2. The van der Waals surface area contributed by atoms with E-state index < -0.39 is 12.2 Å². The van der Waals surface area contributed by atoms with Gasteiger partial charge in [0.15, 0.2) is 0 Å². The zero-order valence-electron chi connectivity index (χ0n) is 4.93. The lowest BCUT2D eigenvalue weighted by Gasteiger charge is -2.12. The zero-order chi connectivity index (χ0) is 7.28. The second-order valence-electron chi connectivity index (χ2n) is 1.77. The first kappa shape index (κ1) is 9.88. The van der Waals surface area contributed by atoms with Gasteiger partial charge in [-0.05, 0) is 6.42 Å². The van der Waals surface area contributed by atoms with Gasteiger partial charge in [0.2, 0.25) is 0 Å². The molecule has 0 saturated heterocycles. The summed E-state index contributed by atoms with van der Waals surface area (Å²) in [6, 6.07) is 0. The van der Waals surface area contributed by atoms with Crippen molar-refractivity contribution < 1.29 is 10.2 Å². The van der Waals surface area contributed by atoms with Crippen molar-refractivity contribution >= 4 is 31.9 Å². The molecule has 2 atom stereocenters. The van der Waals surface area contributed by atoms with Crippen molar-refractivity contribution in [3.8, 4) is 0 Å². The highest BCUT2D eigenvalue weighted by atomic mass is 79.9. The first-order valence-electron chi connectivity index (χ1n) is 2.70. The Morgan fingerprint density at radius 1 is 1.11 bits per heavy atom. The quantitative estimate of drug-likeness (QED) is 0.738. The van der Waals surface area contributed by atoms with Gasteiger partial charge < -0.3 is 10.2 Å². The van der Waals surface area contributed by atoms with Crippen molar-refractivity contribution in [2.45, 2.75) is 18.6 Å². The van der Waals surface area contributed by atoms with Crippen LogP contribution in [-0.2, 0) is 0 Å². The number of halogens is 2. The average molecular weight is 262 g/mol. The van der Waals surface area contributed by atoms with Gasteiger partial charge >= 0.3 is 0 Å². The third-order valence-electron chi connectivity index (χ3n) is 1.01. The molecule has 0 radical (unpaired) electrons. The van der Waals surface area contributed by atoms with Gasteiger partial charge in [-0.2, -0.15) is 0 Å². The molecule has 4 heteroatoms. The van der Waals surface area contributed by atoms with E-state index >= 15 is 0 Å². The predicted octanol–water partition coefficient (Wildman–Crippen LogP) is 0.888. The maximum absolute atomic E-state index is 9.01. The Labute approximate surface area is 71.5 Å². The van der Waals surface area contributed by atoms with E-state index in [-0.39, 0.29) is 0 Å². The summed E-state index contributed by atoms with van der Waals surface area (Å²) in [4.78, 5) is 0. The fraction of sp³-hybridized carbons (Fsp3) is 1.00. The minimum Gasteiger partial charge on any atom is -0.390 e. The molecule has 2 N–H and O–H groups in total. The van der Waals surface area contributed by atoms with Crippen LogP contribution in [0.5, 0.6) is 0 Å². The molecule has 0 aromatic rings. The molecular formula is C5H10Br2O2. The maximum atomic E-state index is 9.01. The standard InChI is InChI=1S/C5H10Br2O2/c6-2-1-4(8)5(9)3-7/h4-5,8-9H,1-3H2/t4-,5+/m1/s1. The average Bonchev–Trinajstić information content (AvgIpc) is 1.87. The van der Waals surface area contributed by atoms with Crippen molar-refractivity contribution in [3.05, 3.63) is 0 Å². The van der Waals surface area contributed by atoms with Crippen LogP contribution in [0.1, 0.15) is 6.42 Å². The van der Waals surface area contributed by atoms with Crippen LogP contribution in [0, 0.1) is 0 Å². The van der Waals surface area contributed by atoms with Gasteiger partial charge in [0.1, 0.15) is 0 Å². The lowest BCUT2D eigenvalue weighted by Crippen LogP contribution is -2.27. The molecule has 0 saturated carbocycles. The van der Waals surface area contributed by atoms with Crippen molar-refractivity contribution in [2.24, 2.45) is 0 Å². The summed E-state index contributed by atoms with van der Waals surface area (Å²) in [5.74, 6) is 0. The van der Waals surface area contributed by atoms with Crippen LogP contribution in [0.4, 0.5) is 0 Å². The lowest BCUT2D eigenvalue weighted by atomic mass is 10.2. The second-order valence-corrected chi connectivity index (χ2v) is 3.21. The van der Waals surface area contributed by atoms with Gasteiger partial charge in [0.05, 0.1) is 12.2 Å². The highest BCUT2D eigenvalue weighted by molar-refractivity contribution is 9.09. The highest BCUT2D eigenvalue weighted by Gasteiger charge is 2.12. The van der Waals surface area contributed by atoms with Crippen molar-refractivity contribution in [1.29, 1.82) is 0 Å². The van der Waals surface area contributed by atoms with Crippen molar-refractivity contribution in [2.75, 3.05) is 10.7 Å². The van der Waals surface area contributed by atoms with Crippen LogP contribution < -0.4 is 0 Å². The maximum Gasteiger partial charge on any atom is 0.0895 e. The Morgan fingerprint density at radius 2 is 1.67 bits per heavy atom. The first-order chi connectivity index (χ1) is 4.22. The summed E-state index contributed by atoms with van der Waals surface area (Å²) >= 11 is 6.22. The van der Waals surface area contributed by atoms with E-state index in [0.29, 0.717) is 11.8 Å². The van der Waals surface area contributed by atoms with Gasteiger partial charge in [-0.25, -0.2) is 0 Å². The van der Waals surface area contributed by atoms with E-state index in [9.17, 15) is 0 Å². The van der Waals surface area contributed by atoms with Gasteiger partial charge in [-0.15, -0.1) is 0 Å². The highest BCUT2D eigenvalue weighted by Crippen LogP contribution is 2.03. The smallest absolute Gasteiger partial charge is 0.0895 e. The van der Waals surface area contributed by atoms with Crippen LogP contribution in [0.15, 0.2) is 0 Å². The zero-order valence-corrected chi connectivity index (χ0v) is 8.10. The van der Waals surface area contributed by atoms with E-state index in [1.54, 1.807) is 0 Å².